The van der Waals surface area contributed by atoms with Crippen molar-refractivity contribution in [1.29, 1.82) is 0 Å². The summed E-state index contributed by atoms with van der Waals surface area (Å²) in [6, 6.07) is 2.32. The quantitative estimate of drug-likeness (QED) is 0.420. The number of aryl methyl sites for hydroxylation is 3. The zero-order chi connectivity index (χ0) is 24.0. The van der Waals surface area contributed by atoms with Gasteiger partial charge in [0, 0.05) is 40.6 Å². The number of hydrogen-bond donors (Lipinski definition) is 1. The number of nitrogens with zero attached hydrogens (tertiary/aromatic N) is 1. The van der Waals surface area contributed by atoms with Gasteiger partial charge in [-0.1, -0.05) is 13.8 Å². The van der Waals surface area contributed by atoms with E-state index < -0.39 is 0 Å². The van der Waals surface area contributed by atoms with Crippen LogP contribution in [0.15, 0.2) is 16.6 Å². The van der Waals surface area contributed by atoms with Crippen molar-refractivity contribution in [1.82, 2.24) is 10.2 Å². The van der Waals surface area contributed by atoms with Gasteiger partial charge in [-0.05, 0) is 91.1 Å². The Labute approximate surface area is 199 Å². The van der Waals surface area contributed by atoms with E-state index in [1.165, 1.54) is 23.8 Å². The van der Waals surface area contributed by atoms with E-state index in [0.29, 0.717) is 6.61 Å². The van der Waals surface area contributed by atoms with Crippen LogP contribution in [0.2, 0.25) is 0 Å². The molecule has 1 heterocycles. The van der Waals surface area contributed by atoms with E-state index in [4.69, 9.17) is 9.15 Å². The number of nitrogens with one attached hydrogen (secondary N) is 1. The standard InChI is InChI=1S/C28H42N2O3/c1-7-30(8-2)16-12-13-20(5)29-26(31)17-19(4)23-18-24-22-14-10-11-15-25(22)33-28(24)21(6)27(23)32-9-3/h17-18,20H,7-16H2,1-6H3,(H,29,31)/b19-17+. The molecule has 1 aliphatic carbocycles. The van der Waals surface area contributed by atoms with Crippen molar-refractivity contribution in [2.45, 2.75) is 86.1 Å². The van der Waals surface area contributed by atoms with E-state index in [1.54, 1.807) is 6.08 Å². The highest BCUT2D eigenvalue weighted by Gasteiger charge is 2.23. The molecule has 1 N–H and O–H groups in total. The molecule has 1 atom stereocenters. The third-order valence-electron chi connectivity index (χ3n) is 6.88. The Balaban J connectivity index is 1.79. The molecule has 1 unspecified atom stereocenters. The Kier molecular flexibility index (Phi) is 9.02. The van der Waals surface area contributed by atoms with Crippen LogP contribution >= 0.6 is 0 Å². The number of hydrogen-bond acceptors (Lipinski definition) is 4. The molecule has 5 nitrogen and oxygen atoms in total. The topological polar surface area (TPSA) is 54.7 Å². The van der Waals surface area contributed by atoms with Gasteiger partial charge in [0.15, 0.2) is 0 Å². The van der Waals surface area contributed by atoms with Gasteiger partial charge in [-0.3, -0.25) is 4.79 Å². The highest BCUT2D eigenvalue weighted by molar-refractivity contribution is 5.98. The summed E-state index contributed by atoms with van der Waals surface area (Å²) in [5, 5.41) is 4.32. The van der Waals surface area contributed by atoms with Gasteiger partial charge in [-0.25, -0.2) is 0 Å². The van der Waals surface area contributed by atoms with E-state index in [0.717, 1.165) is 79.1 Å². The molecule has 33 heavy (non-hydrogen) atoms. The van der Waals surface area contributed by atoms with Gasteiger partial charge in [0.2, 0.25) is 5.91 Å². The van der Waals surface area contributed by atoms with Crippen LogP contribution in [0, 0.1) is 6.92 Å². The third kappa shape index (κ3) is 6.00. The van der Waals surface area contributed by atoms with Crippen molar-refractivity contribution >= 4 is 22.4 Å². The second kappa shape index (κ2) is 11.7. The minimum absolute atomic E-state index is 0.0442. The average Bonchev–Trinajstić information content (AvgIpc) is 3.17. The van der Waals surface area contributed by atoms with E-state index in [1.807, 2.05) is 13.8 Å². The molecule has 5 heteroatoms. The molecule has 0 spiro atoms. The third-order valence-corrected chi connectivity index (χ3v) is 6.88. The molecule has 182 valence electrons. The molecule has 1 aromatic carbocycles. The number of benzene rings is 1. The molecular formula is C28H42N2O3. The number of allylic oxidation sites excluding steroid dienone is 1. The molecule has 0 fully saturated rings. The molecular weight excluding hydrogens is 412 g/mol. The van der Waals surface area contributed by atoms with E-state index in [-0.39, 0.29) is 11.9 Å². The van der Waals surface area contributed by atoms with Crippen LogP contribution < -0.4 is 10.1 Å². The summed E-state index contributed by atoms with van der Waals surface area (Å²) >= 11 is 0. The normalized spacial score (nSPS) is 15.1. The number of amides is 1. The fourth-order valence-electron chi connectivity index (χ4n) is 4.95. The maximum Gasteiger partial charge on any atom is 0.244 e. The average molecular weight is 455 g/mol. The molecule has 0 aliphatic heterocycles. The predicted octanol–water partition coefficient (Wildman–Crippen LogP) is 6.05. The molecule has 3 rings (SSSR count). The van der Waals surface area contributed by atoms with Gasteiger partial charge in [-0.15, -0.1) is 0 Å². The summed E-state index contributed by atoms with van der Waals surface area (Å²) in [7, 11) is 0. The van der Waals surface area contributed by atoms with Crippen LogP contribution in [-0.4, -0.2) is 43.1 Å². The lowest BCUT2D eigenvalue weighted by atomic mass is 9.93. The maximum absolute atomic E-state index is 12.8. The Morgan fingerprint density at radius 1 is 1.24 bits per heavy atom. The number of ether oxygens (including phenoxy) is 1. The predicted molar refractivity (Wildman–Crippen MR) is 137 cm³/mol. The minimum Gasteiger partial charge on any atom is -0.493 e. The first kappa shape index (κ1) is 25.4. The van der Waals surface area contributed by atoms with Crippen molar-refractivity contribution in [3.63, 3.8) is 0 Å². The number of carbonyl (C=O) groups is 1. The molecule has 2 aromatic rings. The summed E-state index contributed by atoms with van der Waals surface area (Å²) in [6.45, 7) is 16.3. The minimum atomic E-state index is -0.0442. The van der Waals surface area contributed by atoms with Gasteiger partial charge in [0.05, 0.1) is 6.61 Å². The van der Waals surface area contributed by atoms with Crippen molar-refractivity contribution in [2.24, 2.45) is 0 Å². The summed E-state index contributed by atoms with van der Waals surface area (Å²) in [6.07, 6.45) is 8.23. The van der Waals surface area contributed by atoms with Gasteiger partial charge in [0.25, 0.3) is 0 Å². The Morgan fingerprint density at radius 2 is 1.97 bits per heavy atom. The lowest BCUT2D eigenvalue weighted by Gasteiger charge is -2.19. The Hall–Kier alpha value is -2.27. The van der Waals surface area contributed by atoms with E-state index in [2.05, 4.69) is 44.0 Å². The van der Waals surface area contributed by atoms with Gasteiger partial charge < -0.3 is 19.4 Å². The number of furan rings is 1. The molecule has 1 aliphatic rings. The van der Waals surface area contributed by atoms with Crippen molar-refractivity contribution < 1.29 is 13.9 Å². The molecule has 0 bridgehead atoms. The van der Waals surface area contributed by atoms with Crippen LogP contribution in [-0.2, 0) is 17.6 Å². The van der Waals surface area contributed by atoms with Crippen LogP contribution in [0.25, 0.3) is 16.5 Å². The second-order valence-corrected chi connectivity index (χ2v) is 9.30. The van der Waals surface area contributed by atoms with Gasteiger partial charge in [0.1, 0.15) is 17.1 Å². The smallest absolute Gasteiger partial charge is 0.244 e. The van der Waals surface area contributed by atoms with Crippen LogP contribution in [0.4, 0.5) is 0 Å². The van der Waals surface area contributed by atoms with Crippen molar-refractivity contribution in [3.05, 3.63) is 34.6 Å². The highest BCUT2D eigenvalue weighted by atomic mass is 16.5. The van der Waals surface area contributed by atoms with Crippen LogP contribution in [0.5, 0.6) is 5.75 Å². The zero-order valence-corrected chi connectivity index (χ0v) is 21.5. The fourth-order valence-corrected chi connectivity index (χ4v) is 4.95. The Bertz CT molecular complexity index is 985. The fraction of sp³-hybridized carbons (Fsp3) is 0.607. The summed E-state index contributed by atoms with van der Waals surface area (Å²) < 4.78 is 12.3. The van der Waals surface area contributed by atoms with Crippen molar-refractivity contribution in [2.75, 3.05) is 26.2 Å². The van der Waals surface area contributed by atoms with Crippen LogP contribution in [0.1, 0.15) is 82.8 Å². The SMILES string of the molecule is CCOc1c(/C(C)=C/C(=O)NC(C)CCCN(CC)CC)cc2c3c(oc2c1C)CCCC3. The molecule has 1 aromatic heterocycles. The lowest BCUT2D eigenvalue weighted by molar-refractivity contribution is -0.117. The highest BCUT2D eigenvalue weighted by Crippen LogP contribution is 2.41. The molecule has 0 saturated heterocycles. The first-order chi connectivity index (χ1) is 15.9. The number of fused-ring (bicyclic) bond motifs is 3. The molecule has 1 amide bonds. The monoisotopic (exact) mass is 454 g/mol. The number of carbonyl (C=O) groups excluding carboxylic acids is 1. The van der Waals surface area contributed by atoms with E-state index >= 15 is 0 Å². The summed E-state index contributed by atoms with van der Waals surface area (Å²) in [4.78, 5) is 15.2. The largest absolute Gasteiger partial charge is 0.493 e. The summed E-state index contributed by atoms with van der Waals surface area (Å²) in [5.41, 5.74) is 5.20. The second-order valence-electron chi connectivity index (χ2n) is 9.30. The lowest BCUT2D eigenvalue weighted by Crippen LogP contribution is -2.32. The molecule has 0 radical (unpaired) electrons. The van der Waals surface area contributed by atoms with Gasteiger partial charge in [-0.2, -0.15) is 0 Å². The van der Waals surface area contributed by atoms with Gasteiger partial charge >= 0.3 is 0 Å². The Morgan fingerprint density at radius 3 is 2.67 bits per heavy atom. The first-order valence-corrected chi connectivity index (χ1v) is 12.8. The first-order valence-electron chi connectivity index (χ1n) is 12.8. The van der Waals surface area contributed by atoms with E-state index in [9.17, 15) is 4.79 Å². The van der Waals surface area contributed by atoms with Crippen molar-refractivity contribution in [3.8, 4) is 5.75 Å². The maximum atomic E-state index is 12.8. The molecule has 0 saturated carbocycles. The summed E-state index contributed by atoms with van der Waals surface area (Å²) in [5.74, 6) is 1.90. The van der Waals surface area contributed by atoms with Crippen LogP contribution in [0.3, 0.4) is 0 Å². The zero-order valence-electron chi connectivity index (χ0n) is 21.5. The number of rotatable bonds is 11.